The first kappa shape index (κ1) is 18.1. The van der Waals surface area contributed by atoms with Crippen molar-refractivity contribution in [3.05, 3.63) is 46.7 Å². The van der Waals surface area contributed by atoms with Gasteiger partial charge in [0.25, 0.3) is 6.43 Å². The van der Waals surface area contributed by atoms with Crippen molar-refractivity contribution in [3.63, 3.8) is 0 Å². The molecule has 0 atom stereocenters. The quantitative estimate of drug-likeness (QED) is 0.699. The Labute approximate surface area is 154 Å². The van der Waals surface area contributed by atoms with Crippen LogP contribution in [0.2, 0.25) is 5.02 Å². The van der Waals surface area contributed by atoms with Gasteiger partial charge in [0.15, 0.2) is 5.65 Å². The fraction of sp³-hybridized carbons (Fsp3) is 0.278. The van der Waals surface area contributed by atoms with Gasteiger partial charge in [-0.15, -0.1) is 0 Å². The summed E-state index contributed by atoms with van der Waals surface area (Å²) in [4.78, 5) is 4.38. The lowest BCUT2D eigenvalue weighted by Crippen LogP contribution is -2.13. The summed E-state index contributed by atoms with van der Waals surface area (Å²) in [7, 11) is 0. The van der Waals surface area contributed by atoms with Gasteiger partial charge < -0.3 is 5.32 Å². The second-order valence-electron chi connectivity index (χ2n) is 6.06. The molecule has 0 unspecified atom stereocenters. The van der Waals surface area contributed by atoms with E-state index in [9.17, 15) is 8.78 Å². The van der Waals surface area contributed by atoms with Crippen molar-refractivity contribution >= 4 is 28.3 Å². The molecule has 3 aromatic rings. The maximum atomic E-state index is 12.7. The molecule has 0 spiro atoms. The number of rotatable bonds is 5. The van der Waals surface area contributed by atoms with Gasteiger partial charge in [-0.2, -0.15) is 10.4 Å². The Morgan fingerprint density at radius 2 is 2.08 bits per heavy atom. The average molecular weight is 376 g/mol. The molecule has 0 saturated heterocycles. The molecule has 0 radical (unpaired) electrons. The van der Waals surface area contributed by atoms with E-state index in [1.54, 1.807) is 29.1 Å². The maximum absolute atomic E-state index is 12.7. The number of nitrogens with one attached hydrogen (secondary N) is 1. The largest absolute Gasteiger partial charge is 0.378 e. The van der Waals surface area contributed by atoms with Crippen LogP contribution in [0.1, 0.15) is 31.0 Å². The topological polar surface area (TPSA) is 66.5 Å². The van der Waals surface area contributed by atoms with Gasteiger partial charge in [-0.3, -0.25) is 0 Å². The van der Waals surface area contributed by atoms with Crippen LogP contribution < -0.4 is 5.32 Å². The molecule has 0 saturated carbocycles. The van der Waals surface area contributed by atoms with Crippen molar-refractivity contribution in [2.75, 3.05) is 11.9 Å². The van der Waals surface area contributed by atoms with Crippen LogP contribution in [-0.2, 0) is 0 Å². The highest BCUT2D eigenvalue weighted by atomic mass is 35.5. The molecule has 0 aliphatic heterocycles. The molecule has 1 aromatic carbocycles. The maximum Gasteiger partial charge on any atom is 0.255 e. The predicted molar refractivity (Wildman–Crippen MR) is 97.2 cm³/mol. The van der Waals surface area contributed by atoms with E-state index in [2.05, 4.69) is 15.4 Å². The molecule has 0 fully saturated rings. The van der Waals surface area contributed by atoms with Crippen molar-refractivity contribution in [2.24, 2.45) is 0 Å². The standard InChI is InChI=1S/C18H16ClF2N5/c1-10(2)17-16-12(19)5-6-23-18(16)26(25-17)14-4-3-11(8-22)7-13(14)24-9-15(20)21/h3-7,10,15,24H,9H2,1-2H3. The van der Waals surface area contributed by atoms with Crippen molar-refractivity contribution in [1.82, 2.24) is 14.8 Å². The Balaban J connectivity index is 2.24. The number of pyridine rings is 1. The van der Waals surface area contributed by atoms with Crippen LogP contribution in [-0.4, -0.2) is 27.7 Å². The van der Waals surface area contributed by atoms with E-state index in [0.717, 1.165) is 11.1 Å². The number of halogens is 3. The fourth-order valence-electron chi connectivity index (χ4n) is 2.72. The molecule has 1 N–H and O–H groups in total. The molecular formula is C18H16ClF2N5. The van der Waals surface area contributed by atoms with Crippen LogP contribution in [0.15, 0.2) is 30.5 Å². The molecule has 2 heterocycles. The molecule has 3 rings (SSSR count). The Morgan fingerprint density at radius 3 is 2.73 bits per heavy atom. The Bertz CT molecular complexity index is 991. The summed E-state index contributed by atoms with van der Waals surface area (Å²) in [5, 5.41) is 17.7. The van der Waals surface area contributed by atoms with Crippen LogP contribution in [0.25, 0.3) is 16.7 Å². The first-order chi connectivity index (χ1) is 12.4. The molecular weight excluding hydrogens is 360 g/mol. The lowest BCUT2D eigenvalue weighted by Gasteiger charge is -2.13. The average Bonchev–Trinajstić information content (AvgIpc) is 3.01. The first-order valence-electron chi connectivity index (χ1n) is 8.02. The SMILES string of the molecule is CC(C)c1nn(-c2ccc(C#N)cc2NCC(F)F)c2nccc(Cl)c12. The highest BCUT2D eigenvalue weighted by molar-refractivity contribution is 6.35. The number of anilines is 1. The van der Waals surface area contributed by atoms with Gasteiger partial charge in [0.1, 0.15) is 0 Å². The smallest absolute Gasteiger partial charge is 0.255 e. The minimum absolute atomic E-state index is 0.0938. The number of aromatic nitrogens is 3. The normalized spacial score (nSPS) is 11.3. The van der Waals surface area contributed by atoms with Gasteiger partial charge >= 0.3 is 0 Å². The zero-order chi connectivity index (χ0) is 18.8. The van der Waals surface area contributed by atoms with E-state index in [-0.39, 0.29) is 5.92 Å². The highest BCUT2D eigenvalue weighted by Crippen LogP contribution is 2.33. The molecule has 0 aliphatic rings. The van der Waals surface area contributed by atoms with Crippen molar-refractivity contribution in [2.45, 2.75) is 26.2 Å². The summed E-state index contributed by atoms with van der Waals surface area (Å²) < 4.78 is 26.9. The second kappa shape index (κ2) is 7.26. The van der Waals surface area contributed by atoms with E-state index in [0.29, 0.717) is 27.6 Å². The number of fused-ring (bicyclic) bond motifs is 1. The van der Waals surface area contributed by atoms with Crippen LogP contribution in [0.3, 0.4) is 0 Å². The van der Waals surface area contributed by atoms with Gasteiger partial charge in [-0.1, -0.05) is 25.4 Å². The van der Waals surface area contributed by atoms with Gasteiger partial charge in [0.05, 0.1) is 45.7 Å². The number of hydrogen-bond donors (Lipinski definition) is 1. The summed E-state index contributed by atoms with van der Waals surface area (Å²) >= 11 is 6.35. The number of nitriles is 1. The van der Waals surface area contributed by atoms with E-state index in [1.807, 2.05) is 19.9 Å². The molecule has 0 amide bonds. The fourth-order valence-corrected chi connectivity index (χ4v) is 2.96. The minimum Gasteiger partial charge on any atom is -0.378 e. The summed E-state index contributed by atoms with van der Waals surface area (Å²) in [5.74, 6) is 0.0938. The molecule has 0 aliphatic carbocycles. The number of alkyl halides is 2. The second-order valence-corrected chi connectivity index (χ2v) is 6.47. The lowest BCUT2D eigenvalue weighted by atomic mass is 10.1. The summed E-state index contributed by atoms with van der Waals surface area (Å²) in [6.45, 7) is 3.45. The monoisotopic (exact) mass is 375 g/mol. The summed E-state index contributed by atoms with van der Waals surface area (Å²) in [5.41, 5.74) is 2.56. The number of benzene rings is 1. The number of hydrogen-bond acceptors (Lipinski definition) is 4. The van der Waals surface area contributed by atoms with Crippen LogP contribution in [0.5, 0.6) is 0 Å². The van der Waals surface area contributed by atoms with E-state index < -0.39 is 13.0 Å². The third-order valence-electron chi connectivity index (χ3n) is 3.89. The Morgan fingerprint density at radius 1 is 1.31 bits per heavy atom. The molecule has 8 heteroatoms. The number of nitrogens with zero attached hydrogens (tertiary/aromatic N) is 4. The zero-order valence-corrected chi connectivity index (χ0v) is 14.9. The van der Waals surface area contributed by atoms with Crippen molar-refractivity contribution in [3.8, 4) is 11.8 Å². The van der Waals surface area contributed by atoms with Crippen LogP contribution >= 0.6 is 11.6 Å². The molecule has 5 nitrogen and oxygen atoms in total. The van der Waals surface area contributed by atoms with E-state index >= 15 is 0 Å². The molecule has 134 valence electrons. The Hall–Kier alpha value is -2.72. The zero-order valence-electron chi connectivity index (χ0n) is 14.2. The summed E-state index contributed by atoms with van der Waals surface area (Å²) in [6, 6.07) is 8.48. The Kier molecular flexibility index (Phi) is 5.05. The molecule has 2 aromatic heterocycles. The van der Waals surface area contributed by atoms with Gasteiger partial charge in [0.2, 0.25) is 0 Å². The van der Waals surface area contributed by atoms with Crippen LogP contribution in [0, 0.1) is 11.3 Å². The van der Waals surface area contributed by atoms with Gasteiger partial charge in [-0.25, -0.2) is 18.4 Å². The highest BCUT2D eigenvalue weighted by Gasteiger charge is 2.20. The molecule has 26 heavy (non-hydrogen) atoms. The van der Waals surface area contributed by atoms with E-state index in [1.165, 1.54) is 6.07 Å². The van der Waals surface area contributed by atoms with Crippen molar-refractivity contribution < 1.29 is 8.78 Å². The van der Waals surface area contributed by atoms with Crippen LogP contribution in [0.4, 0.5) is 14.5 Å². The minimum atomic E-state index is -2.53. The molecule has 0 bridgehead atoms. The van der Waals surface area contributed by atoms with Gasteiger partial charge in [0, 0.05) is 6.20 Å². The predicted octanol–water partition coefficient (Wildman–Crippen LogP) is 4.75. The van der Waals surface area contributed by atoms with Crippen molar-refractivity contribution in [1.29, 1.82) is 5.26 Å². The van der Waals surface area contributed by atoms with Gasteiger partial charge in [-0.05, 0) is 30.2 Å². The van der Waals surface area contributed by atoms with E-state index in [4.69, 9.17) is 16.9 Å². The third-order valence-corrected chi connectivity index (χ3v) is 4.21. The first-order valence-corrected chi connectivity index (χ1v) is 8.39. The lowest BCUT2D eigenvalue weighted by molar-refractivity contribution is 0.163. The summed E-state index contributed by atoms with van der Waals surface area (Å²) in [6.07, 6.45) is -0.954. The third kappa shape index (κ3) is 3.33.